The van der Waals surface area contributed by atoms with E-state index in [9.17, 15) is 14.7 Å². The number of anilines is 2. The van der Waals surface area contributed by atoms with Gasteiger partial charge in [-0.3, -0.25) is 14.3 Å². The van der Waals surface area contributed by atoms with Crippen molar-refractivity contribution in [1.29, 1.82) is 0 Å². The van der Waals surface area contributed by atoms with Crippen molar-refractivity contribution in [2.24, 2.45) is 5.92 Å². The number of nitrogens with two attached hydrogens (primary N) is 1. The van der Waals surface area contributed by atoms with Gasteiger partial charge >= 0.3 is 5.69 Å². The topological polar surface area (TPSA) is 104 Å². The molecule has 1 atom stereocenters. The maximum atomic E-state index is 12.0. The summed E-state index contributed by atoms with van der Waals surface area (Å²) in [5, 5.41) is 9.73. The lowest BCUT2D eigenvalue weighted by molar-refractivity contribution is 0.154. The van der Waals surface area contributed by atoms with E-state index in [2.05, 4.69) is 4.98 Å². The van der Waals surface area contributed by atoms with Gasteiger partial charge in [-0.2, -0.15) is 0 Å². The van der Waals surface area contributed by atoms with Gasteiger partial charge in [0.2, 0.25) is 0 Å². The molecule has 1 aromatic heterocycles. The molecular weight excluding hydrogens is 260 g/mol. The SMILES string of the molecule is CC(C)Cn1c(N)c(N2CCC[C@H](O)C2)c(=O)[nH]c1=O. The fraction of sp³-hybridized carbons (Fsp3) is 0.692. The van der Waals surface area contributed by atoms with E-state index >= 15 is 0 Å². The van der Waals surface area contributed by atoms with E-state index in [0.717, 1.165) is 12.8 Å². The van der Waals surface area contributed by atoms with Gasteiger partial charge in [0.15, 0.2) is 0 Å². The molecule has 4 N–H and O–H groups in total. The fourth-order valence-corrected chi connectivity index (χ4v) is 2.59. The number of piperidine rings is 1. The van der Waals surface area contributed by atoms with Crippen LogP contribution in [0.5, 0.6) is 0 Å². The van der Waals surface area contributed by atoms with Crippen LogP contribution in [0.3, 0.4) is 0 Å². The summed E-state index contributed by atoms with van der Waals surface area (Å²) < 4.78 is 1.39. The smallest absolute Gasteiger partial charge is 0.330 e. The van der Waals surface area contributed by atoms with E-state index in [-0.39, 0.29) is 11.7 Å². The molecule has 1 aliphatic heterocycles. The van der Waals surface area contributed by atoms with Gasteiger partial charge in [0.1, 0.15) is 11.5 Å². The highest BCUT2D eigenvalue weighted by atomic mass is 16.3. The van der Waals surface area contributed by atoms with Crippen LogP contribution in [0.4, 0.5) is 11.5 Å². The summed E-state index contributed by atoms with van der Waals surface area (Å²) in [6.45, 7) is 5.42. The molecule has 0 saturated carbocycles. The predicted octanol–water partition coefficient (Wildman–Crippen LogP) is -0.264. The number of nitrogen functional groups attached to an aromatic ring is 1. The molecule has 1 aliphatic rings. The molecule has 20 heavy (non-hydrogen) atoms. The Bertz CT molecular complexity index is 590. The van der Waals surface area contributed by atoms with E-state index in [1.807, 2.05) is 13.8 Å². The van der Waals surface area contributed by atoms with Gasteiger partial charge in [-0.1, -0.05) is 13.8 Å². The molecule has 0 unspecified atom stereocenters. The molecule has 0 bridgehead atoms. The van der Waals surface area contributed by atoms with Gasteiger partial charge in [-0.05, 0) is 18.8 Å². The van der Waals surface area contributed by atoms with Gasteiger partial charge in [0.05, 0.1) is 6.10 Å². The van der Waals surface area contributed by atoms with E-state index in [1.54, 1.807) is 4.90 Å². The number of nitrogens with zero attached hydrogens (tertiary/aromatic N) is 2. The number of nitrogens with one attached hydrogen (secondary N) is 1. The van der Waals surface area contributed by atoms with Gasteiger partial charge in [0.25, 0.3) is 5.56 Å². The van der Waals surface area contributed by atoms with E-state index < -0.39 is 17.4 Å². The first-order valence-electron chi connectivity index (χ1n) is 6.95. The van der Waals surface area contributed by atoms with Crippen LogP contribution in [0.2, 0.25) is 0 Å². The first-order valence-corrected chi connectivity index (χ1v) is 6.95. The Hall–Kier alpha value is -1.76. The molecule has 0 aromatic carbocycles. The van der Waals surface area contributed by atoms with Crippen molar-refractivity contribution in [2.45, 2.75) is 39.3 Å². The molecule has 2 rings (SSSR count). The van der Waals surface area contributed by atoms with Crippen LogP contribution in [0.25, 0.3) is 0 Å². The standard InChI is InChI=1S/C13H22N4O3/c1-8(2)6-17-11(14)10(12(19)15-13(17)20)16-5-3-4-9(18)7-16/h8-9,18H,3-7,14H2,1-2H3,(H,15,19,20)/t9-/m0/s1. The Kier molecular flexibility index (Phi) is 4.17. The van der Waals surface area contributed by atoms with Crippen LogP contribution in [-0.2, 0) is 6.54 Å². The minimum absolute atomic E-state index is 0.182. The third-order valence-electron chi connectivity index (χ3n) is 3.47. The molecule has 2 heterocycles. The molecule has 0 spiro atoms. The maximum Gasteiger partial charge on any atom is 0.330 e. The first kappa shape index (κ1) is 14.6. The van der Waals surface area contributed by atoms with Crippen molar-refractivity contribution in [1.82, 2.24) is 9.55 Å². The molecule has 1 fully saturated rings. The lowest BCUT2D eigenvalue weighted by atomic mass is 10.1. The average Bonchev–Trinajstić information content (AvgIpc) is 2.34. The number of H-pyrrole nitrogens is 1. The van der Waals surface area contributed by atoms with Crippen LogP contribution in [0, 0.1) is 5.92 Å². The largest absolute Gasteiger partial charge is 0.391 e. The number of aromatic nitrogens is 2. The molecule has 0 amide bonds. The van der Waals surface area contributed by atoms with E-state index in [4.69, 9.17) is 5.73 Å². The summed E-state index contributed by atoms with van der Waals surface area (Å²) in [6, 6.07) is 0. The number of hydrogen-bond donors (Lipinski definition) is 3. The third-order valence-corrected chi connectivity index (χ3v) is 3.47. The maximum absolute atomic E-state index is 12.0. The zero-order chi connectivity index (χ0) is 14.9. The Balaban J connectivity index is 2.47. The summed E-state index contributed by atoms with van der Waals surface area (Å²) in [5.74, 6) is 0.419. The highest BCUT2D eigenvalue weighted by Crippen LogP contribution is 2.21. The van der Waals surface area contributed by atoms with Crippen LogP contribution in [0.1, 0.15) is 26.7 Å². The molecular formula is C13H22N4O3. The summed E-state index contributed by atoms with van der Waals surface area (Å²) in [5.41, 5.74) is 5.36. The molecule has 112 valence electrons. The third kappa shape index (κ3) is 2.87. The normalized spacial score (nSPS) is 19.6. The summed E-state index contributed by atoms with van der Waals surface area (Å²) in [4.78, 5) is 28.0. The van der Waals surface area contributed by atoms with Crippen molar-refractivity contribution in [3.63, 3.8) is 0 Å². The minimum atomic E-state index is -0.485. The molecule has 0 radical (unpaired) electrons. The molecule has 1 aromatic rings. The monoisotopic (exact) mass is 282 g/mol. The molecule has 7 nitrogen and oxygen atoms in total. The van der Waals surface area contributed by atoms with E-state index in [0.29, 0.717) is 25.3 Å². The second-order valence-electron chi connectivity index (χ2n) is 5.74. The molecule has 7 heteroatoms. The number of rotatable bonds is 3. The Morgan fingerprint density at radius 3 is 2.75 bits per heavy atom. The van der Waals surface area contributed by atoms with Gasteiger partial charge in [-0.15, -0.1) is 0 Å². The molecule has 1 saturated heterocycles. The quantitative estimate of drug-likeness (QED) is 0.708. The van der Waals surface area contributed by atoms with Crippen molar-refractivity contribution in [3.8, 4) is 0 Å². The number of aliphatic hydroxyl groups excluding tert-OH is 1. The summed E-state index contributed by atoms with van der Waals surface area (Å²) in [6.07, 6.45) is 1.05. The summed E-state index contributed by atoms with van der Waals surface area (Å²) in [7, 11) is 0. The van der Waals surface area contributed by atoms with Gasteiger partial charge < -0.3 is 15.7 Å². The van der Waals surface area contributed by atoms with Crippen LogP contribution < -0.4 is 21.9 Å². The summed E-state index contributed by atoms with van der Waals surface area (Å²) >= 11 is 0. The van der Waals surface area contributed by atoms with Gasteiger partial charge in [0, 0.05) is 19.6 Å². The highest BCUT2D eigenvalue weighted by Gasteiger charge is 2.24. The van der Waals surface area contributed by atoms with Crippen molar-refractivity contribution in [3.05, 3.63) is 20.8 Å². The lowest BCUT2D eigenvalue weighted by Crippen LogP contribution is -2.44. The predicted molar refractivity (Wildman–Crippen MR) is 78.0 cm³/mol. The van der Waals surface area contributed by atoms with Crippen molar-refractivity contribution in [2.75, 3.05) is 23.7 Å². The zero-order valence-corrected chi connectivity index (χ0v) is 11.9. The second-order valence-corrected chi connectivity index (χ2v) is 5.74. The van der Waals surface area contributed by atoms with Crippen molar-refractivity contribution >= 4 is 11.5 Å². The molecule has 0 aliphatic carbocycles. The van der Waals surface area contributed by atoms with Gasteiger partial charge in [-0.25, -0.2) is 4.79 Å². The lowest BCUT2D eigenvalue weighted by Gasteiger charge is -2.32. The van der Waals surface area contributed by atoms with Crippen LogP contribution in [0.15, 0.2) is 9.59 Å². The van der Waals surface area contributed by atoms with Crippen LogP contribution in [-0.4, -0.2) is 33.9 Å². The number of hydrogen-bond acceptors (Lipinski definition) is 5. The fourth-order valence-electron chi connectivity index (χ4n) is 2.59. The Labute approximate surface area is 117 Å². The van der Waals surface area contributed by atoms with E-state index in [1.165, 1.54) is 4.57 Å². The Morgan fingerprint density at radius 1 is 1.45 bits per heavy atom. The van der Waals surface area contributed by atoms with Crippen molar-refractivity contribution < 1.29 is 5.11 Å². The second kappa shape index (κ2) is 5.70. The first-order chi connectivity index (χ1) is 9.40. The zero-order valence-electron chi connectivity index (χ0n) is 11.9. The number of β-amino-alcohol motifs (C(OH)–C–C–N with tert-alkyl or cyclic N) is 1. The minimum Gasteiger partial charge on any atom is -0.391 e. The Morgan fingerprint density at radius 2 is 2.15 bits per heavy atom. The van der Waals surface area contributed by atoms with Crippen LogP contribution >= 0.6 is 0 Å². The highest BCUT2D eigenvalue weighted by molar-refractivity contribution is 5.62. The number of aromatic amines is 1. The number of aliphatic hydroxyl groups is 1. The average molecular weight is 282 g/mol.